The molecule has 5 rings (SSSR count). The largest absolute Gasteiger partial charge is 0.506 e. The van der Waals surface area contributed by atoms with Gasteiger partial charge < -0.3 is 5.11 Å². The van der Waals surface area contributed by atoms with E-state index in [4.69, 9.17) is 0 Å². The Bertz CT molecular complexity index is 1430. The van der Waals surface area contributed by atoms with Crippen molar-refractivity contribution in [3.05, 3.63) is 110 Å². The molecule has 0 amide bonds. The van der Waals surface area contributed by atoms with Gasteiger partial charge in [0, 0.05) is 5.92 Å². The number of hydrogen-bond donors (Lipinski definition) is 1. The molecule has 1 atom stereocenters. The van der Waals surface area contributed by atoms with Crippen LogP contribution < -0.4 is 0 Å². The molecule has 0 aromatic carbocycles. The first-order valence-electron chi connectivity index (χ1n) is 12.1. The first-order chi connectivity index (χ1) is 16.1. The Morgan fingerprint density at radius 3 is 2.29 bits per heavy atom. The van der Waals surface area contributed by atoms with E-state index in [-0.39, 0.29) is 17.5 Å². The predicted molar refractivity (Wildman–Crippen MR) is 141 cm³/mol. The van der Waals surface area contributed by atoms with Gasteiger partial charge in [-0.25, -0.2) is 0 Å². The third-order valence-corrected chi connectivity index (χ3v) is 7.59. The van der Waals surface area contributed by atoms with Gasteiger partial charge in [0.2, 0.25) is 5.78 Å². The maximum atomic E-state index is 13.7. The van der Waals surface area contributed by atoms with E-state index in [9.17, 15) is 9.90 Å². The average Bonchev–Trinajstić information content (AvgIpc) is 3.09. The topological polar surface area (TPSA) is 37.3 Å². The zero-order valence-electron chi connectivity index (χ0n) is 21.1. The lowest BCUT2D eigenvalue weighted by Gasteiger charge is -2.25. The number of aliphatic hydroxyl groups is 1. The van der Waals surface area contributed by atoms with E-state index < -0.39 is 0 Å². The lowest BCUT2D eigenvalue weighted by molar-refractivity contribution is -0.111. The molecule has 0 aliphatic heterocycles. The Kier molecular flexibility index (Phi) is 5.16. The molecule has 5 aliphatic carbocycles. The van der Waals surface area contributed by atoms with Gasteiger partial charge in [0.05, 0.1) is 11.1 Å². The van der Waals surface area contributed by atoms with Crippen LogP contribution in [0.5, 0.6) is 0 Å². The molecule has 0 spiro atoms. The third-order valence-electron chi connectivity index (χ3n) is 7.59. The Labute approximate surface area is 202 Å². The van der Waals surface area contributed by atoms with Crippen molar-refractivity contribution in [3.8, 4) is 11.1 Å². The van der Waals surface area contributed by atoms with Crippen LogP contribution in [0.4, 0.5) is 0 Å². The maximum Gasteiger partial charge on any atom is 0.201 e. The summed E-state index contributed by atoms with van der Waals surface area (Å²) in [6.07, 6.45) is 8.75. The van der Waals surface area contributed by atoms with Crippen molar-refractivity contribution in [2.45, 2.75) is 48.5 Å². The minimum absolute atomic E-state index is 0.0617. The fourth-order valence-corrected chi connectivity index (χ4v) is 5.65. The highest BCUT2D eigenvalue weighted by Gasteiger charge is 2.42. The van der Waals surface area contributed by atoms with Gasteiger partial charge >= 0.3 is 0 Å². The van der Waals surface area contributed by atoms with Crippen LogP contribution in [-0.4, -0.2) is 10.9 Å². The number of fused-ring (bicyclic) bond motifs is 2. The normalized spacial score (nSPS) is 22.4. The van der Waals surface area contributed by atoms with Crippen LogP contribution >= 0.6 is 0 Å². The molecule has 34 heavy (non-hydrogen) atoms. The number of carbonyl (C=O) groups is 1. The summed E-state index contributed by atoms with van der Waals surface area (Å²) in [6.45, 7) is 14.9. The first-order valence-corrected chi connectivity index (χ1v) is 12.1. The fourth-order valence-electron chi connectivity index (χ4n) is 5.65. The molecule has 172 valence electrons. The molecule has 0 saturated heterocycles. The van der Waals surface area contributed by atoms with Crippen LogP contribution in [0, 0.1) is 32.6 Å². The number of rotatable bonds is 2. The lowest BCUT2D eigenvalue weighted by atomic mass is 9.77. The highest BCUT2D eigenvalue weighted by atomic mass is 16.3. The molecule has 5 aliphatic rings. The monoisotopic (exact) mass is 448 g/mol. The Morgan fingerprint density at radius 1 is 0.882 bits per heavy atom. The zero-order valence-corrected chi connectivity index (χ0v) is 21.1. The van der Waals surface area contributed by atoms with Crippen LogP contribution in [0.1, 0.15) is 49.9 Å². The van der Waals surface area contributed by atoms with Gasteiger partial charge in [-0.2, -0.15) is 0 Å². The van der Waals surface area contributed by atoms with Gasteiger partial charge in [0.1, 0.15) is 5.76 Å². The zero-order chi connectivity index (χ0) is 24.5. The van der Waals surface area contributed by atoms with E-state index in [2.05, 4.69) is 97.0 Å². The van der Waals surface area contributed by atoms with Crippen molar-refractivity contribution < 1.29 is 9.90 Å². The van der Waals surface area contributed by atoms with E-state index in [0.29, 0.717) is 17.1 Å². The molecule has 0 heterocycles. The molecule has 2 nitrogen and oxygen atoms in total. The molecular weight excluding hydrogens is 416 g/mol. The summed E-state index contributed by atoms with van der Waals surface area (Å²) in [6, 6.07) is 8.42. The number of aliphatic hydroxyl groups excluding tert-OH is 1. The van der Waals surface area contributed by atoms with Crippen LogP contribution in [-0.2, 0) is 4.79 Å². The van der Waals surface area contributed by atoms with Crippen molar-refractivity contribution in [2.75, 3.05) is 0 Å². The van der Waals surface area contributed by atoms with Crippen LogP contribution in [0.25, 0.3) is 16.7 Å². The first kappa shape index (κ1) is 22.4. The van der Waals surface area contributed by atoms with E-state index in [0.717, 1.165) is 44.5 Å². The van der Waals surface area contributed by atoms with Crippen molar-refractivity contribution in [1.29, 1.82) is 0 Å². The molecule has 0 fully saturated rings. The van der Waals surface area contributed by atoms with Crippen LogP contribution in [0.2, 0.25) is 0 Å². The maximum absolute atomic E-state index is 13.7. The SMILES string of the molecule is CC1=C/C(=C2\C(=O)C(c3cc(C)c4cc(C)ccc(C)c3-4)=C2O)C2=C(C)C=CC(C(C)C)=CC12. The van der Waals surface area contributed by atoms with Crippen molar-refractivity contribution in [3.63, 3.8) is 0 Å². The summed E-state index contributed by atoms with van der Waals surface area (Å²) in [4.78, 5) is 13.7. The van der Waals surface area contributed by atoms with Gasteiger partial charge in [0.15, 0.2) is 0 Å². The van der Waals surface area contributed by atoms with Crippen LogP contribution in [0.3, 0.4) is 0 Å². The Morgan fingerprint density at radius 2 is 1.62 bits per heavy atom. The smallest absolute Gasteiger partial charge is 0.201 e. The molecule has 0 radical (unpaired) electrons. The number of ketones is 1. The molecule has 2 heteroatoms. The quantitative estimate of drug-likeness (QED) is 0.474. The molecule has 0 aromatic heterocycles. The fraction of sp³-hybridized carbons (Fsp3) is 0.281. The van der Waals surface area contributed by atoms with Crippen molar-refractivity contribution >= 4 is 11.4 Å². The molecule has 0 aromatic rings. The second-order valence-corrected chi connectivity index (χ2v) is 10.4. The van der Waals surface area contributed by atoms with Gasteiger partial charge in [-0.05, 0) is 96.7 Å². The number of allylic oxidation sites excluding steroid dienone is 11. The van der Waals surface area contributed by atoms with Gasteiger partial charge in [-0.1, -0.05) is 67.5 Å². The van der Waals surface area contributed by atoms with Crippen molar-refractivity contribution in [1.82, 2.24) is 0 Å². The number of Topliss-reactive ketones (excluding diaryl/α,β-unsaturated/α-hetero) is 1. The standard InChI is InChI=1S/C32H32O2/c1-16(2)22-11-10-19(5)28-24(15-22)21(7)14-26(28)30-31(33)29(32(30)34)25-13-20(6)23-12-17(3)8-9-18(4)27(23)25/h8-16,24,33H,1-7H3/b30-26+. The number of aryl methyl sites for hydroxylation is 3. The van der Waals surface area contributed by atoms with Crippen molar-refractivity contribution in [2.24, 2.45) is 11.8 Å². The summed E-state index contributed by atoms with van der Waals surface area (Å²) in [5.41, 5.74) is 13.0. The van der Waals surface area contributed by atoms with Crippen LogP contribution in [0.15, 0.2) is 87.8 Å². The third kappa shape index (κ3) is 3.20. The van der Waals surface area contributed by atoms with Gasteiger partial charge in [-0.3, -0.25) is 4.79 Å². The van der Waals surface area contributed by atoms with Gasteiger partial charge in [-0.15, -0.1) is 0 Å². The molecule has 0 saturated carbocycles. The lowest BCUT2D eigenvalue weighted by Crippen LogP contribution is -2.23. The number of hydrogen-bond acceptors (Lipinski definition) is 2. The van der Waals surface area contributed by atoms with E-state index in [1.807, 2.05) is 0 Å². The van der Waals surface area contributed by atoms with Gasteiger partial charge in [0.25, 0.3) is 0 Å². The van der Waals surface area contributed by atoms with E-state index in [1.54, 1.807) is 0 Å². The number of carbonyl (C=O) groups excluding carboxylic acids is 1. The van der Waals surface area contributed by atoms with E-state index in [1.165, 1.54) is 16.7 Å². The predicted octanol–water partition coefficient (Wildman–Crippen LogP) is 7.91. The molecule has 1 unspecified atom stereocenters. The summed E-state index contributed by atoms with van der Waals surface area (Å²) in [5.74, 6) is 0.639. The Balaban J connectivity index is 1.69. The average molecular weight is 449 g/mol. The highest BCUT2D eigenvalue weighted by Crippen LogP contribution is 2.50. The second-order valence-electron chi connectivity index (χ2n) is 10.4. The summed E-state index contributed by atoms with van der Waals surface area (Å²) in [5, 5.41) is 11.3. The summed E-state index contributed by atoms with van der Waals surface area (Å²) >= 11 is 0. The Hall–Kier alpha value is -3.39. The minimum Gasteiger partial charge on any atom is -0.506 e. The van der Waals surface area contributed by atoms with E-state index >= 15 is 0 Å². The molecule has 0 bridgehead atoms. The second kappa shape index (κ2) is 7.84. The molecular formula is C32H32O2. The highest BCUT2D eigenvalue weighted by molar-refractivity contribution is 6.40. The summed E-state index contributed by atoms with van der Waals surface area (Å²) < 4.78 is 0. The summed E-state index contributed by atoms with van der Waals surface area (Å²) in [7, 11) is 0. The molecule has 1 N–H and O–H groups in total. The minimum atomic E-state index is -0.0617.